The van der Waals surface area contributed by atoms with E-state index in [1.54, 1.807) is 4.90 Å². The van der Waals surface area contributed by atoms with Crippen LogP contribution >= 0.6 is 11.6 Å². The molecule has 3 amide bonds. The maximum Gasteiger partial charge on any atom is 0.322 e. The number of likely N-dealkylation sites (tertiary alicyclic amines) is 1. The molecule has 7 heteroatoms. The highest BCUT2D eigenvalue weighted by atomic mass is 35.5. The van der Waals surface area contributed by atoms with E-state index in [1.807, 2.05) is 36.9 Å². The molecule has 2 fully saturated rings. The number of nitrogens with zero attached hydrogens (tertiary/aromatic N) is 2. The molecule has 0 unspecified atom stereocenters. The summed E-state index contributed by atoms with van der Waals surface area (Å²) >= 11 is 6.13. The van der Waals surface area contributed by atoms with Gasteiger partial charge in [0.2, 0.25) is 5.91 Å². The quantitative estimate of drug-likeness (QED) is 0.857. The minimum Gasteiger partial charge on any atom is -0.371 e. The molecule has 0 radical (unpaired) electrons. The molecule has 0 atom stereocenters. The van der Waals surface area contributed by atoms with E-state index in [2.05, 4.69) is 5.32 Å². The van der Waals surface area contributed by atoms with E-state index in [0.29, 0.717) is 44.2 Å². The largest absolute Gasteiger partial charge is 0.371 e. The maximum absolute atomic E-state index is 12.7. The third-order valence-corrected chi connectivity index (χ3v) is 5.78. The number of halogens is 1. The zero-order chi connectivity index (χ0) is 18.7. The Morgan fingerprint density at radius 1 is 1.23 bits per heavy atom. The molecule has 1 N–H and O–H groups in total. The third kappa shape index (κ3) is 3.96. The number of piperidine rings is 1. The SMILES string of the molecule is CCC(=O)N1CCC2(CC1)CN(C(=O)Nc1cccc(Cl)c1C)CCO2. The van der Waals surface area contributed by atoms with Crippen molar-refractivity contribution < 1.29 is 14.3 Å². The number of nitrogens with one attached hydrogen (secondary N) is 1. The number of carbonyl (C=O) groups excluding carboxylic acids is 2. The van der Waals surface area contributed by atoms with Crippen molar-refractivity contribution in [1.29, 1.82) is 0 Å². The van der Waals surface area contributed by atoms with Gasteiger partial charge in [0.15, 0.2) is 0 Å². The number of hydrogen-bond donors (Lipinski definition) is 1. The molecular weight excluding hydrogens is 354 g/mol. The van der Waals surface area contributed by atoms with Gasteiger partial charge < -0.3 is 19.9 Å². The number of anilines is 1. The molecule has 1 aromatic rings. The Hall–Kier alpha value is -1.79. The van der Waals surface area contributed by atoms with E-state index in [-0.39, 0.29) is 17.5 Å². The molecule has 3 rings (SSSR count). The first-order chi connectivity index (χ1) is 12.4. The van der Waals surface area contributed by atoms with Gasteiger partial charge in [-0.3, -0.25) is 4.79 Å². The highest BCUT2D eigenvalue weighted by Gasteiger charge is 2.41. The first-order valence-corrected chi connectivity index (χ1v) is 9.55. The Morgan fingerprint density at radius 3 is 2.65 bits per heavy atom. The first-order valence-electron chi connectivity index (χ1n) is 9.17. The summed E-state index contributed by atoms with van der Waals surface area (Å²) in [5.74, 6) is 0.182. The zero-order valence-electron chi connectivity index (χ0n) is 15.4. The van der Waals surface area contributed by atoms with Crippen LogP contribution in [0.5, 0.6) is 0 Å². The summed E-state index contributed by atoms with van der Waals surface area (Å²) in [7, 11) is 0. The van der Waals surface area contributed by atoms with Gasteiger partial charge in [-0.05, 0) is 37.5 Å². The summed E-state index contributed by atoms with van der Waals surface area (Å²) in [6, 6.07) is 5.35. The van der Waals surface area contributed by atoms with E-state index < -0.39 is 0 Å². The monoisotopic (exact) mass is 379 g/mol. The Bertz CT molecular complexity index is 687. The second kappa shape index (κ2) is 7.84. The number of benzene rings is 1. The van der Waals surface area contributed by atoms with Crippen LogP contribution in [0.15, 0.2) is 18.2 Å². The van der Waals surface area contributed by atoms with Crippen LogP contribution in [-0.4, -0.2) is 60.1 Å². The van der Waals surface area contributed by atoms with E-state index in [1.165, 1.54) is 0 Å². The molecular formula is C19H26ClN3O3. The fraction of sp³-hybridized carbons (Fsp3) is 0.579. The molecule has 0 saturated carbocycles. The fourth-order valence-electron chi connectivity index (χ4n) is 3.65. The molecule has 2 saturated heterocycles. The second-order valence-electron chi connectivity index (χ2n) is 7.03. The number of ether oxygens (including phenoxy) is 1. The smallest absolute Gasteiger partial charge is 0.322 e. The molecule has 6 nitrogen and oxygen atoms in total. The Kier molecular flexibility index (Phi) is 5.73. The number of rotatable bonds is 2. The molecule has 1 aromatic carbocycles. The maximum atomic E-state index is 12.7. The van der Waals surface area contributed by atoms with E-state index in [9.17, 15) is 9.59 Å². The first kappa shape index (κ1) is 19.0. The van der Waals surface area contributed by atoms with Crippen molar-refractivity contribution in [2.24, 2.45) is 0 Å². The lowest BCUT2D eigenvalue weighted by Crippen LogP contribution is -2.59. The summed E-state index contributed by atoms with van der Waals surface area (Å²) in [6.45, 7) is 6.78. The van der Waals surface area contributed by atoms with Gasteiger partial charge in [-0.15, -0.1) is 0 Å². The Labute approximate surface area is 159 Å². The van der Waals surface area contributed by atoms with Gasteiger partial charge in [0.1, 0.15) is 0 Å². The van der Waals surface area contributed by atoms with E-state index in [0.717, 1.165) is 24.1 Å². The minimum atomic E-state index is -0.344. The number of amides is 3. The van der Waals surface area contributed by atoms with Gasteiger partial charge in [0, 0.05) is 36.8 Å². The van der Waals surface area contributed by atoms with Gasteiger partial charge in [0.05, 0.1) is 18.8 Å². The van der Waals surface area contributed by atoms with Crippen LogP contribution < -0.4 is 5.32 Å². The average Bonchev–Trinajstić information content (AvgIpc) is 2.65. The van der Waals surface area contributed by atoms with Crippen molar-refractivity contribution in [3.05, 3.63) is 28.8 Å². The molecule has 2 aliphatic rings. The molecule has 0 bridgehead atoms. The van der Waals surface area contributed by atoms with Gasteiger partial charge in [-0.25, -0.2) is 4.79 Å². The van der Waals surface area contributed by atoms with Crippen molar-refractivity contribution >= 4 is 29.2 Å². The van der Waals surface area contributed by atoms with Crippen molar-refractivity contribution in [1.82, 2.24) is 9.80 Å². The normalized spacial score (nSPS) is 19.5. The molecule has 142 valence electrons. The summed E-state index contributed by atoms with van der Waals surface area (Å²) in [5.41, 5.74) is 1.24. The highest BCUT2D eigenvalue weighted by Crippen LogP contribution is 2.31. The van der Waals surface area contributed by atoms with Crippen LogP contribution in [-0.2, 0) is 9.53 Å². The van der Waals surface area contributed by atoms with Crippen molar-refractivity contribution in [2.45, 2.75) is 38.7 Å². The minimum absolute atomic E-state index is 0.134. The standard InChI is InChI=1S/C19H26ClN3O3/c1-3-17(24)22-9-7-19(8-10-22)13-23(11-12-26-19)18(25)21-16-6-4-5-15(20)14(16)2/h4-6H,3,7-13H2,1-2H3,(H,21,25). The van der Waals surface area contributed by atoms with Crippen LogP contribution in [0.25, 0.3) is 0 Å². The van der Waals surface area contributed by atoms with Crippen LogP contribution in [0.4, 0.5) is 10.5 Å². The lowest BCUT2D eigenvalue weighted by molar-refractivity contribution is -0.146. The topological polar surface area (TPSA) is 61.9 Å². The number of urea groups is 1. The Balaban J connectivity index is 1.62. The van der Waals surface area contributed by atoms with Gasteiger partial charge in [-0.1, -0.05) is 24.6 Å². The molecule has 1 spiro atoms. The molecule has 0 aromatic heterocycles. The van der Waals surface area contributed by atoms with E-state index >= 15 is 0 Å². The lowest BCUT2D eigenvalue weighted by atomic mass is 9.89. The predicted molar refractivity (Wildman–Crippen MR) is 102 cm³/mol. The highest BCUT2D eigenvalue weighted by molar-refractivity contribution is 6.31. The summed E-state index contributed by atoms with van der Waals surface area (Å²) < 4.78 is 6.06. The third-order valence-electron chi connectivity index (χ3n) is 5.37. The molecule has 2 aliphatic heterocycles. The summed E-state index contributed by atoms with van der Waals surface area (Å²) in [4.78, 5) is 28.3. The van der Waals surface area contributed by atoms with Crippen LogP contribution in [0, 0.1) is 6.92 Å². The summed E-state index contributed by atoms with van der Waals surface area (Å²) in [6.07, 6.45) is 2.05. The predicted octanol–water partition coefficient (Wildman–Crippen LogP) is 3.28. The van der Waals surface area contributed by atoms with Crippen LogP contribution in [0.3, 0.4) is 0 Å². The number of carbonyl (C=O) groups is 2. The molecule has 26 heavy (non-hydrogen) atoms. The van der Waals surface area contributed by atoms with Gasteiger partial charge in [-0.2, -0.15) is 0 Å². The average molecular weight is 380 g/mol. The summed E-state index contributed by atoms with van der Waals surface area (Å²) in [5, 5.41) is 3.59. The van der Waals surface area contributed by atoms with Gasteiger partial charge >= 0.3 is 6.03 Å². The van der Waals surface area contributed by atoms with E-state index in [4.69, 9.17) is 16.3 Å². The van der Waals surface area contributed by atoms with Crippen LogP contribution in [0.2, 0.25) is 5.02 Å². The fourth-order valence-corrected chi connectivity index (χ4v) is 3.82. The molecule has 2 heterocycles. The molecule has 0 aliphatic carbocycles. The van der Waals surface area contributed by atoms with Crippen molar-refractivity contribution in [2.75, 3.05) is 38.1 Å². The van der Waals surface area contributed by atoms with Crippen molar-refractivity contribution in [3.63, 3.8) is 0 Å². The second-order valence-corrected chi connectivity index (χ2v) is 7.44. The van der Waals surface area contributed by atoms with Crippen molar-refractivity contribution in [3.8, 4) is 0 Å². The van der Waals surface area contributed by atoms with Gasteiger partial charge in [0.25, 0.3) is 0 Å². The Morgan fingerprint density at radius 2 is 1.96 bits per heavy atom. The number of morpholine rings is 1. The zero-order valence-corrected chi connectivity index (χ0v) is 16.1. The lowest BCUT2D eigenvalue weighted by Gasteiger charge is -2.47. The van der Waals surface area contributed by atoms with Crippen LogP contribution in [0.1, 0.15) is 31.7 Å². The number of hydrogen-bond acceptors (Lipinski definition) is 3.